The lowest BCUT2D eigenvalue weighted by Crippen LogP contribution is -2.39. The third-order valence-electron chi connectivity index (χ3n) is 4.88. The van der Waals surface area contributed by atoms with Crippen LogP contribution in [0.5, 0.6) is 0 Å². The second-order valence-electron chi connectivity index (χ2n) is 8.13. The van der Waals surface area contributed by atoms with Gasteiger partial charge in [0.1, 0.15) is 11.6 Å². The number of aromatic nitrogens is 2. The summed E-state index contributed by atoms with van der Waals surface area (Å²) in [5, 5.41) is 7.51. The summed E-state index contributed by atoms with van der Waals surface area (Å²) in [6.07, 6.45) is 1.17. The van der Waals surface area contributed by atoms with Crippen molar-refractivity contribution in [3.05, 3.63) is 66.5 Å². The molecule has 0 aliphatic carbocycles. The quantitative estimate of drug-likeness (QED) is 0.519. The molecule has 3 aromatic rings. The van der Waals surface area contributed by atoms with Crippen molar-refractivity contribution < 1.29 is 14.0 Å². The molecular weight excluding hydrogens is 407 g/mol. The van der Waals surface area contributed by atoms with Crippen LogP contribution in [0.3, 0.4) is 0 Å². The summed E-state index contributed by atoms with van der Waals surface area (Å²) < 4.78 is 15.0. The maximum Gasteiger partial charge on any atom is 0.245 e. The van der Waals surface area contributed by atoms with Gasteiger partial charge in [-0.1, -0.05) is 51.1 Å². The maximum absolute atomic E-state index is 13.4. The number of amides is 2. The van der Waals surface area contributed by atoms with Crippen LogP contribution in [-0.4, -0.2) is 39.6 Å². The molecule has 0 unspecified atom stereocenters. The molecule has 0 saturated heterocycles. The van der Waals surface area contributed by atoms with Crippen molar-refractivity contribution >= 4 is 17.6 Å². The van der Waals surface area contributed by atoms with E-state index in [9.17, 15) is 14.0 Å². The fraction of sp³-hybridized carbons (Fsp3) is 0.320. The maximum atomic E-state index is 13.4. The summed E-state index contributed by atoms with van der Waals surface area (Å²) in [6, 6.07) is 17.3. The Morgan fingerprint density at radius 2 is 1.78 bits per heavy atom. The van der Waals surface area contributed by atoms with Gasteiger partial charge in [0.05, 0.1) is 17.9 Å². The first kappa shape index (κ1) is 23.2. The fourth-order valence-corrected chi connectivity index (χ4v) is 3.40. The third-order valence-corrected chi connectivity index (χ3v) is 4.88. The zero-order valence-corrected chi connectivity index (χ0v) is 18.7. The van der Waals surface area contributed by atoms with Crippen LogP contribution in [-0.2, 0) is 9.59 Å². The predicted molar refractivity (Wildman–Crippen MR) is 124 cm³/mol. The van der Waals surface area contributed by atoms with Gasteiger partial charge in [-0.25, -0.2) is 9.07 Å². The van der Waals surface area contributed by atoms with Crippen molar-refractivity contribution in [1.29, 1.82) is 0 Å². The van der Waals surface area contributed by atoms with E-state index in [0.717, 1.165) is 12.0 Å². The van der Waals surface area contributed by atoms with Crippen LogP contribution in [0, 0.1) is 11.7 Å². The monoisotopic (exact) mass is 436 g/mol. The Kier molecular flexibility index (Phi) is 7.76. The number of nitrogens with one attached hydrogen (secondary N) is 1. The minimum Gasteiger partial charge on any atom is -0.333 e. The molecule has 0 spiro atoms. The molecule has 2 aromatic carbocycles. The van der Waals surface area contributed by atoms with E-state index >= 15 is 0 Å². The van der Waals surface area contributed by atoms with Crippen molar-refractivity contribution in [2.75, 3.05) is 18.4 Å². The Hall–Kier alpha value is -3.48. The van der Waals surface area contributed by atoms with Gasteiger partial charge in [0.25, 0.3) is 0 Å². The normalized spacial score (nSPS) is 10.9. The van der Waals surface area contributed by atoms with Crippen LogP contribution in [0.25, 0.3) is 16.9 Å². The predicted octanol–water partition coefficient (Wildman–Crippen LogP) is 4.90. The summed E-state index contributed by atoms with van der Waals surface area (Å²) in [5.41, 5.74) is 2.18. The molecule has 6 nitrogen and oxygen atoms in total. The molecule has 1 heterocycles. The van der Waals surface area contributed by atoms with Crippen LogP contribution in [0.4, 0.5) is 10.2 Å². The fourth-order valence-electron chi connectivity index (χ4n) is 3.40. The molecule has 7 heteroatoms. The summed E-state index contributed by atoms with van der Waals surface area (Å²) in [4.78, 5) is 27.0. The van der Waals surface area contributed by atoms with Crippen LogP contribution in [0.1, 0.15) is 33.6 Å². The van der Waals surface area contributed by atoms with E-state index in [4.69, 9.17) is 0 Å². The second kappa shape index (κ2) is 10.7. The Morgan fingerprint density at radius 1 is 1.09 bits per heavy atom. The molecule has 0 saturated carbocycles. The number of anilines is 1. The van der Waals surface area contributed by atoms with E-state index in [0.29, 0.717) is 30.2 Å². The molecule has 0 fully saturated rings. The summed E-state index contributed by atoms with van der Waals surface area (Å²) in [5.74, 6) is -0.0208. The molecule has 32 heavy (non-hydrogen) atoms. The molecule has 0 aliphatic heterocycles. The van der Waals surface area contributed by atoms with Crippen molar-refractivity contribution in [2.45, 2.75) is 33.6 Å². The number of carbonyl (C=O) groups is 2. The molecule has 0 bridgehead atoms. The van der Waals surface area contributed by atoms with Crippen LogP contribution >= 0.6 is 0 Å². The molecule has 0 atom stereocenters. The highest BCUT2D eigenvalue weighted by Crippen LogP contribution is 2.25. The molecule has 2 amide bonds. The van der Waals surface area contributed by atoms with Gasteiger partial charge in [-0.2, -0.15) is 5.10 Å². The minimum atomic E-state index is -0.353. The number of hydrogen-bond acceptors (Lipinski definition) is 3. The zero-order chi connectivity index (χ0) is 23.1. The third kappa shape index (κ3) is 6.03. The first-order valence-corrected chi connectivity index (χ1v) is 10.9. The van der Waals surface area contributed by atoms with Gasteiger partial charge in [-0.15, -0.1) is 0 Å². The van der Waals surface area contributed by atoms with Crippen molar-refractivity contribution in [3.8, 4) is 16.9 Å². The van der Waals surface area contributed by atoms with Gasteiger partial charge in [-0.05, 0) is 36.6 Å². The summed E-state index contributed by atoms with van der Waals surface area (Å²) in [7, 11) is 0. The number of carbonyl (C=O) groups excluding carboxylic acids is 2. The summed E-state index contributed by atoms with van der Waals surface area (Å²) in [6.45, 7) is 6.42. The van der Waals surface area contributed by atoms with Crippen molar-refractivity contribution in [1.82, 2.24) is 14.7 Å². The highest BCUT2D eigenvalue weighted by Gasteiger charge is 2.19. The molecule has 0 aliphatic rings. The number of hydrogen-bond donors (Lipinski definition) is 1. The molecule has 1 N–H and O–H groups in total. The second-order valence-corrected chi connectivity index (χ2v) is 8.13. The van der Waals surface area contributed by atoms with E-state index in [2.05, 4.69) is 10.4 Å². The number of nitrogens with zero attached hydrogens (tertiary/aromatic N) is 3. The van der Waals surface area contributed by atoms with Crippen LogP contribution in [0.2, 0.25) is 0 Å². The van der Waals surface area contributed by atoms with Gasteiger partial charge in [-0.3, -0.25) is 9.59 Å². The van der Waals surface area contributed by atoms with E-state index < -0.39 is 0 Å². The largest absolute Gasteiger partial charge is 0.333 e. The van der Waals surface area contributed by atoms with E-state index in [-0.39, 0.29) is 30.1 Å². The molecule has 168 valence electrons. The first-order valence-electron chi connectivity index (χ1n) is 10.9. The minimum absolute atomic E-state index is 0.0331. The topological polar surface area (TPSA) is 67.2 Å². The zero-order valence-electron chi connectivity index (χ0n) is 18.7. The van der Waals surface area contributed by atoms with Gasteiger partial charge in [0.15, 0.2) is 0 Å². The first-order chi connectivity index (χ1) is 15.4. The number of benzene rings is 2. The lowest BCUT2D eigenvalue weighted by atomic mass is 10.1. The van der Waals surface area contributed by atoms with E-state index in [1.165, 1.54) is 12.1 Å². The Bertz CT molecular complexity index is 1050. The molecule has 1 aromatic heterocycles. The number of halogens is 1. The van der Waals surface area contributed by atoms with Crippen LogP contribution < -0.4 is 5.32 Å². The SMILES string of the molecule is CCCN(CC(=O)Nc1cc(-c2ccccc2)nn1-c1ccc(F)cc1)C(=O)CC(C)C. The molecular formula is C25H29FN4O2. The molecule has 0 radical (unpaired) electrons. The Balaban J connectivity index is 1.86. The lowest BCUT2D eigenvalue weighted by Gasteiger charge is -2.22. The molecule has 3 rings (SSSR count). The smallest absolute Gasteiger partial charge is 0.245 e. The highest BCUT2D eigenvalue weighted by atomic mass is 19.1. The summed E-state index contributed by atoms with van der Waals surface area (Å²) >= 11 is 0. The Morgan fingerprint density at radius 3 is 2.41 bits per heavy atom. The lowest BCUT2D eigenvalue weighted by molar-refractivity contribution is -0.135. The van der Waals surface area contributed by atoms with Crippen molar-refractivity contribution in [3.63, 3.8) is 0 Å². The highest BCUT2D eigenvalue weighted by molar-refractivity contribution is 5.94. The van der Waals surface area contributed by atoms with Gasteiger partial charge < -0.3 is 10.2 Å². The van der Waals surface area contributed by atoms with Gasteiger partial charge >= 0.3 is 0 Å². The van der Waals surface area contributed by atoms with Crippen molar-refractivity contribution in [2.24, 2.45) is 5.92 Å². The van der Waals surface area contributed by atoms with Crippen LogP contribution in [0.15, 0.2) is 60.7 Å². The van der Waals surface area contributed by atoms with E-state index in [1.807, 2.05) is 51.1 Å². The Labute approximate surface area is 188 Å². The number of rotatable bonds is 9. The average molecular weight is 437 g/mol. The van der Waals surface area contributed by atoms with E-state index in [1.54, 1.807) is 27.8 Å². The van der Waals surface area contributed by atoms with Gasteiger partial charge in [0, 0.05) is 24.6 Å². The van der Waals surface area contributed by atoms with Gasteiger partial charge in [0.2, 0.25) is 11.8 Å². The average Bonchev–Trinajstić information content (AvgIpc) is 3.17. The standard InChI is InChI=1S/C25H29FN4O2/c1-4-14-29(25(32)15-18(2)3)17-24(31)27-23-16-22(19-8-6-5-7-9-19)28-30(23)21-12-10-20(26)11-13-21/h5-13,16,18H,4,14-15,17H2,1-3H3,(H,27,31).